The second-order valence-corrected chi connectivity index (χ2v) is 8.85. The van der Waals surface area contributed by atoms with Crippen molar-refractivity contribution in [1.29, 1.82) is 0 Å². The number of aliphatic hydroxyl groups excluding tert-OH is 3. The summed E-state index contributed by atoms with van der Waals surface area (Å²) in [5.74, 6) is 2.50. The van der Waals surface area contributed by atoms with Gasteiger partial charge in [0.1, 0.15) is 45.6 Å². The van der Waals surface area contributed by atoms with Crippen LogP contribution in [0.2, 0.25) is 5.15 Å². The maximum Gasteiger partial charge on any atom is 0.147 e. The van der Waals surface area contributed by atoms with Gasteiger partial charge in [0, 0.05) is 28.2 Å². The molecule has 4 rings (SSSR count). The molecular weight excluding hydrogens is 450 g/mol. The van der Waals surface area contributed by atoms with E-state index >= 15 is 0 Å². The van der Waals surface area contributed by atoms with Crippen LogP contribution in [-0.2, 0) is 4.74 Å². The van der Waals surface area contributed by atoms with E-state index in [2.05, 4.69) is 26.2 Å². The number of aromatic nitrogens is 5. The van der Waals surface area contributed by atoms with Crippen molar-refractivity contribution >= 4 is 34.7 Å². The molecule has 3 aromatic rings. The number of thioether (sulfide) groups is 1. The van der Waals surface area contributed by atoms with Gasteiger partial charge in [0.05, 0.1) is 12.8 Å². The number of nitrogens with zero attached hydrogens (tertiary/aromatic N) is 5. The summed E-state index contributed by atoms with van der Waals surface area (Å²) >= 11 is 8.35. The minimum absolute atomic E-state index is 0.343. The Hall–Kier alpha value is -2.04. The summed E-state index contributed by atoms with van der Waals surface area (Å²) in [6.45, 7) is -0.437. The molecule has 0 radical (unpaired) electrons. The Balaban J connectivity index is 1.61. The van der Waals surface area contributed by atoms with E-state index in [-0.39, 0.29) is 0 Å². The zero-order valence-electron chi connectivity index (χ0n) is 15.2. The Morgan fingerprint density at radius 2 is 2.17 bits per heavy atom. The molecule has 9 nitrogen and oxygen atoms in total. The molecule has 3 aromatic heterocycles. The van der Waals surface area contributed by atoms with E-state index in [1.54, 1.807) is 30.0 Å². The van der Waals surface area contributed by atoms with Gasteiger partial charge >= 0.3 is 0 Å². The average molecular weight is 466 g/mol. The SMILES string of the molecule is C#Cc1cncc(S[C@H]2OC(CO)[C@H](O)C(n3cc(-c4nc(Cl)cs4)nn3)C2O)c1. The van der Waals surface area contributed by atoms with Gasteiger partial charge in [0.25, 0.3) is 0 Å². The van der Waals surface area contributed by atoms with Gasteiger partial charge in [-0.25, -0.2) is 9.67 Å². The van der Waals surface area contributed by atoms with Gasteiger partial charge in [0.15, 0.2) is 0 Å². The van der Waals surface area contributed by atoms with Crippen LogP contribution in [0.25, 0.3) is 10.7 Å². The van der Waals surface area contributed by atoms with Gasteiger partial charge in [-0.2, -0.15) is 0 Å². The number of aliphatic hydroxyl groups is 3. The Morgan fingerprint density at radius 3 is 2.87 bits per heavy atom. The van der Waals surface area contributed by atoms with E-state index in [0.717, 1.165) is 0 Å². The lowest BCUT2D eigenvalue weighted by Crippen LogP contribution is -2.55. The molecule has 0 saturated carbocycles. The van der Waals surface area contributed by atoms with Gasteiger partial charge < -0.3 is 20.1 Å². The van der Waals surface area contributed by atoms with E-state index in [4.69, 9.17) is 22.8 Å². The fourth-order valence-corrected chi connectivity index (χ4v) is 5.05. The molecule has 1 aliphatic heterocycles. The quantitative estimate of drug-likeness (QED) is 0.476. The number of terminal acetylenes is 1. The smallest absolute Gasteiger partial charge is 0.147 e. The van der Waals surface area contributed by atoms with Gasteiger partial charge in [-0.15, -0.1) is 22.9 Å². The van der Waals surface area contributed by atoms with Crippen molar-refractivity contribution in [3.05, 3.63) is 40.8 Å². The monoisotopic (exact) mass is 465 g/mol. The topological polar surface area (TPSA) is 126 Å². The molecule has 3 N–H and O–H groups in total. The lowest BCUT2D eigenvalue weighted by molar-refractivity contribution is -0.178. The molecule has 30 heavy (non-hydrogen) atoms. The number of halogens is 1. The predicted octanol–water partition coefficient (Wildman–Crippen LogP) is 1.20. The van der Waals surface area contributed by atoms with Gasteiger partial charge in [-0.05, 0) is 6.07 Å². The molecule has 0 aliphatic carbocycles. The third kappa shape index (κ3) is 4.21. The van der Waals surface area contributed by atoms with Crippen molar-refractivity contribution in [2.75, 3.05) is 6.61 Å². The number of thiazole rings is 1. The second-order valence-electron chi connectivity index (χ2n) is 6.43. The molecule has 3 unspecified atom stereocenters. The molecule has 156 valence electrons. The first-order valence-corrected chi connectivity index (χ1v) is 10.9. The van der Waals surface area contributed by atoms with Crippen molar-refractivity contribution in [3.8, 4) is 23.0 Å². The molecule has 0 amide bonds. The van der Waals surface area contributed by atoms with Crippen LogP contribution in [0, 0.1) is 12.3 Å². The molecule has 5 atom stereocenters. The second kappa shape index (κ2) is 8.99. The number of rotatable bonds is 5. The first-order chi connectivity index (χ1) is 14.5. The van der Waals surface area contributed by atoms with Crippen LogP contribution < -0.4 is 0 Å². The summed E-state index contributed by atoms with van der Waals surface area (Å²) in [5.41, 5.74) is 0.226. The van der Waals surface area contributed by atoms with Crippen molar-refractivity contribution in [1.82, 2.24) is 25.0 Å². The summed E-state index contributed by atoms with van der Waals surface area (Å²) < 4.78 is 7.08. The molecule has 12 heteroatoms. The van der Waals surface area contributed by atoms with Crippen LogP contribution in [0.3, 0.4) is 0 Å². The van der Waals surface area contributed by atoms with Crippen LogP contribution in [0.1, 0.15) is 11.6 Å². The first kappa shape index (κ1) is 21.2. The zero-order chi connectivity index (χ0) is 21.3. The predicted molar refractivity (Wildman–Crippen MR) is 111 cm³/mol. The van der Waals surface area contributed by atoms with Crippen molar-refractivity contribution in [3.63, 3.8) is 0 Å². The standard InChI is InChI=1S/C18H16ClN5O4S2/c1-2-9-3-10(5-20-4-9)30-18-16(27)14(15(26)12(7-25)28-18)24-6-11(22-23-24)17-21-13(19)8-29-17/h1,3-6,8,12,14-16,18,25-27H,7H2/t12?,14?,15-,16?,18+/m0/s1. The lowest BCUT2D eigenvalue weighted by atomic mass is 9.97. The van der Waals surface area contributed by atoms with E-state index in [9.17, 15) is 15.3 Å². The highest BCUT2D eigenvalue weighted by Gasteiger charge is 2.46. The summed E-state index contributed by atoms with van der Waals surface area (Å²) in [5, 5.41) is 42.0. The van der Waals surface area contributed by atoms with E-state index in [0.29, 0.717) is 26.3 Å². The molecule has 1 aliphatic rings. The summed E-state index contributed by atoms with van der Waals surface area (Å²) in [6, 6.07) is 0.829. The molecule has 0 aromatic carbocycles. The van der Waals surface area contributed by atoms with E-state index in [1.165, 1.54) is 27.8 Å². The van der Waals surface area contributed by atoms with Crippen LogP contribution in [-0.4, -0.2) is 70.6 Å². The fraction of sp³-hybridized carbons (Fsp3) is 0.333. The normalized spacial score (nSPS) is 26.4. The third-order valence-electron chi connectivity index (χ3n) is 4.49. The highest BCUT2D eigenvalue weighted by atomic mass is 35.5. The highest BCUT2D eigenvalue weighted by molar-refractivity contribution is 7.99. The Morgan fingerprint density at radius 1 is 1.33 bits per heavy atom. The number of hydrogen-bond acceptors (Lipinski definition) is 10. The third-order valence-corrected chi connectivity index (χ3v) is 6.80. The van der Waals surface area contributed by atoms with Crippen LogP contribution in [0.5, 0.6) is 0 Å². The van der Waals surface area contributed by atoms with Crippen LogP contribution in [0.15, 0.2) is 34.9 Å². The Labute approximate surface area is 184 Å². The molecule has 0 bridgehead atoms. The number of pyridine rings is 1. The Kier molecular flexibility index (Phi) is 6.35. The molecule has 4 heterocycles. The van der Waals surface area contributed by atoms with Gasteiger partial charge in [-0.1, -0.05) is 34.5 Å². The minimum atomic E-state index is -1.22. The summed E-state index contributed by atoms with van der Waals surface area (Å²) in [6.07, 6.45) is 6.80. The van der Waals surface area contributed by atoms with Crippen molar-refractivity contribution in [2.24, 2.45) is 0 Å². The maximum absolute atomic E-state index is 11.0. The van der Waals surface area contributed by atoms with Gasteiger partial charge in [0.2, 0.25) is 0 Å². The summed E-state index contributed by atoms with van der Waals surface area (Å²) in [7, 11) is 0. The highest BCUT2D eigenvalue weighted by Crippen LogP contribution is 2.38. The zero-order valence-corrected chi connectivity index (χ0v) is 17.6. The van der Waals surface area contributed by atoms with Gasteiger partial charge in [-0.3, -0.25) is 4.98 Å². The molecule has 1 saturated heterocycles. The largest absolute Gasteiger partial charge is 0.394 e. The average Bonchev–Trinajstić information content (AvgIpc) is 3.39. The maximum atomic E-state index is 11.0. The molecule has 1 fully saturated rings. The molecular formula is C18H16ClN5O4S2. The van der Waals surface area contributed by atoms with Crippen molar-refractivity contribution in [2.45, 2.75) is 34.7 Å². The fourth-order valence-electron chi connectivity index (χ4n) is 3.07. The van der Waals surface area contributed by atoms with Crippen LogP contribution in [0.4, 0.5) is 0 Å². The van der Waals surface area contributed by atoms with E-state index < -0.39 is 36.4 Å². The van der Waals surface area contributed by atoms with Crippen molar-refractivity contribution < 1.29 is 20.1 Å². The number of hydrogen-bond donors (Lipinski definition) is 3. The summed E-state index contributed by atoms with van der Waals surface area (Å²) in [4.78, 5) is 8.90. The Bertz CT molecular complexity index is 1070. The first-order valence-electron chi connectivity index (χ1n) is 8.74. The number of ether oxygens (including phenoxy) is 1. The van der Waals surface area contributed by atoms with E-state index in [1.807, 2.05) is 0 Å². The molecule has 0 spiro atoms. The van der Waals surface area contributed by atoms with Crippen LogP contribution >= 0.6 is 34.7 Å². The lowest BCUT2D eigenvalue weighted by Gasteiger charge is -2.41. The minimum Gasteiger partial charge on any atom is -0.394 e.